The summed E-state index contributed by atoms with van der Waals surface area (Å²) in [4.78, 5) is 5.01. The minimum Gasteiger partial charge on any atom is -0.310 e. The van der Waals surface area contributed by atoms with Crippen LogP contribution in [-0.2, 0) is 5.41 Å². The van der Waals surface area contributed by atoms with Gasteiger partial charge in [0.1, 0.15) is 0 Å². The lowest BCUT2D eigenvalue weighted by Gasteiger charge is -2.38. The smallest absolute Gasteiger partial charge is 0.0766 e. The Balaban J connectivity index is 1.11. The molecule has 0 fully saturated rings. The van der Waals surface area contributed by atoms with Crippen LogP contribution in [-0.4, -0.2) is 4.57 Å². The molecule has 3 heteroatoms. The number of anilines is 6. The van der Waals surface area contributed by atoms with Gasteiger partial charge in [0.25, 0.3) is 0 Å². The highest BCUT2D eigenvalue weighted by molar-refractivity contribution is 6.11. The lowest BCUT2D eigenvalue weighted by atomic mass is 9.69. The van der Waals surface area contributed by atoms with Gasteiger partial charge in [-0.2, -0.15) is 0 Å². The first-order valence-corrected chi connectivity index (χ1v) is 24.2. The number of para-hydroxylation sites is 4. The molecule has 70 heavy (non-hydrogen) atoms. The van der Waals surface area contributed by atoms with Crippen LogP contribution in [0.3, 0.4) is 0 Å². The molecule has 0 amide bonds. The van der Waals surface area contributed by atoms with Crippen molar-refractivity contribution in [3.8, 4) is 39.1 Å². The van der Waals surface area contributed by atoms with Gasteiger partial charge < -0.3 is 14.4 Å². The van der Waals surface area contributed by atoms with Gasteiger partial charge in [0, 0.05) is 50.3 Å². The molecule has 0 saturated carbocycles. The van der Waals surface area contributed by atoms with E-state index < -0.39 is 5.41 Å². The van der Waals surface area contributed by atoms with Crippen molar-refractivity contribution >= 4 is 55.9 Å². The third-order valence-corrected chi connectivity index (χ3v) is 14.7. The number of hydrogen-bond donors (Lipinski definition) is 0. The predicted octanol–water partition coefficient (Wildman–Crippen LogP) is 17.7. The maximum atomic E-state index is 2.54. The van der Waals surface area contributed by atoms with E-state index in [9.17, 15) is 0 Å². The van der Waals surface area contributed by atoms with E-state index >= 15 is 0 Å². The van der Waals surface area contributed by atoms with Crippen LogP contribution in [0.4, 0.5) is 34.1 Å². The molecular weight excluding hydrogens is 847 g/mol. The van der Waals surface area contributed by atoms with Crippen molar-refractivity contribution in [3.63, 3.8) is 0 Å². The summed E-state index contributed by atoms with van der Waals surface area (Å²) >= 11 is 0. The Morgan fingerprint density at radius 1 is 0.286 bits per heavy atom. The number of aromatic nitrogens is 1. The third kappa shape index (κ3) is 5.88. The van der Waals surface area contributed by atoms with Gasteiger partial charge in [0.2, 0.25) is 0 Å². The SMILES string of the molecule is c1ccc(-c2cccc(N(c3ccc4c5ccccc5n(-c5ccccc5)c4c3)c3cccc4c3C3(c5ccccc5-c5cccc(N(c6ccccc6)c6ccccc6)c53)c3ccccc3-4)c2)cc1. The van der Waals surface area contributed by atoms with Crippen molar-refractivity contribution < 1.29 is 0 Å². The Bertz CT molecular complexity index is 3900. The quantitative estimate of drug-likeness (QED) is 0.151. The second-order valence-electron chi connectivity index (χ2n) is 18.4. The summed E-state index contributed by atoms with van der Waals surface area (Å²) < 4.78 is 2.43. The molecular formula is C67H45N3. The van der Waals surface area contributed by atoms with Gasteiger partial charge in [0.05, 0.1) is 27.8 Å². The van der Waals surface area contributed by atoms with Crippen molar-refractivity contribution in [2.75, 3.05) is 9.80 Å². The summed E-state index contributed by atoms with van der Waals surface area (Å²) in [5.74, 6) is 0. The number of benzene rings is 11. The van der Waals surface area contributed by atoms with Crippen molar-refractivity contribution in [3.05, 3.63) is 295 Å². The second-order valence-corrected chi connectivity index (χ2v) is 18.4. The summed E-state index contributed by atoms with van der Waals surface area (Å²) in [6, 6.07) is 101. The van der Waals surface area contributed by atoms with Crippen LogP contribution in [0.25, 0.3) is 60.9 Å². The fourth-order valence-corrected chi connectivity index (χ4v) is 12.0. The maximum Gasteiger partial charge on any atom is 0.0766 e. The first kappa shape index (κ1) is 39.9. The molecule has 1 atom stereocenters. The van der Waals surface area contributed by atoms with E-state index in [4.69, 9.17) is 0 Å². The molecule has 3 nitrogen and oxygen atoms in total. The number of fused-ring (bicyclic) bond motifs is 13. The monoisotopic (exact) mass is 891 g/mol. The predicted molar refractivity (Wildman–Crippen MR) is 292 cm³/mol. The van der Waals surface area contributed by atoms with Crippen molar-refractivity contribution in [2.45, 2.75) is 5.41 Å². The summed E-state index contributed by atoms with van der Waals surface area (Å²) in [6.07, 6.45) is 0. The maximum absolute atomic E-state index is 2.54. The molecule has 0 bridgehead atoms. The van der Waals surface area contributed by atoms with Gasteiger partial charge in [-0.1, -0.05) is 194 Å². The molecule has 0 N–H and O–H groups in total. The van der Waals surface area contributed by atoms with Crippen LogP contribution in [0.5, 0.6) is 0 Å². The fourth-order valence-electron chi connectivity index (χ4n) is 12.0. The van der Waals surface area contributed by atoms with Crippen LogP contribution >= 0.6 is 0 Å². The highest BCUT2D eigenvalue weighted by atomic mass is 15.2. The Labute approximate surface area is 408 Å². The second kappa shape index (κ2) is 16.0. The lowest BCUT2D eigenvalue weighted by Crippen LogP contribution is -2.30. The fraction of sp³-hybridized carbons (Fsp3) is 0.0149. The Morgan fingerprint density at radius 2 is 0.729 bits per heavy atom. The van der Waals surface area contributed by atoms with Gasteiger partial charge in [-0.3, -0.25) is 0 Å². The molecule has 1 unspecified atom stereocenters. The van der Waals surface area contributed by atoms with Gasteiger partial charge in [-0.25, -0.2) is 0 Å². The zero-order valence-corrected chi connectivity index (χ0v) is 38.3. The zero-order valence-electron chi connectivity index (χ0n) is 38.3. The molecule has 328 valence electrons. The first-order valence-electron chi connectivity index (χ1n) is 24.2. The average molecular weight is 892 g/mol. The molecule has 0 radical (unpaired) electrons. The zero-order chi connectivity index (χ0) is 46.2. The van der Waals surface area contributed by atoms with Crippen molar-refractivity contribution in [1.29, 1.82) is 0 Å². The van der Waals surface area contributed by atoms with E-state index in [2.05, 4.69) is 287 Å². The van der Waals surface area contributed by atoms with Gasteiger partial charge in [0.15, 0.2) is 0 Å². The lowest BCUT2D eigenvalue weighted by molar-refractivity contribution is 0.792. The number of rotatable bonds is 8. The summed E-state index contributed by atoms with van der Waals surface area (Å²) in [7, 11) is 0. The summed E-state index contributed by atoms with van der Waals surface area (Å²) in [5, 5.41) is 2.45. The molecule has 11 aromatic carbocycles. The minimum absolute atomic E-state index is 0.717. The normalized spacial score (nSPS) is 14.1. The molecule has 2 aliphatic carbocycles. The molecule has 1 heterocycles. The molecule has 2 aliphatic rings. The molecule has 0 saturated heterocycles. The van der Waals surface area contributed by atoms with Crippen LogP contribution < -0.4 is 9.80 Å². The number of nitrogens with zero attached hydrogens (tertiary/aromatic N) is 3. The summed E-state index contributed by atoms with van der Waals surface area (Å²) in [5.41, 5.74) is 21.8. The first-order chi connectivity index (χ1) is 34.8. The van der Waals surface area contributed by atoms with Crippen LogP contribution in [0.1, 0.15) is 22.3 Å². The highest BCUT2D eigenvalue weighted by Crippen LogP contribution is 2.67. The average Bonchev–Trinajstić information content (AvgIpc) is 4.05. The van der Waals surface area contributed by atoms with Crippen LogP contribution in [0.15, 0.2) is 273 Å². The Kier molecular flexibility index (Phi) is 9.11. The summed E-state index contributed by atoms with van der Waals surface area (Å²) in [6.45, 7) is 0. The molecule has 14 rings (SSSR count). The standard InChI is InChI=1S/C67H45N3/c1-5-22-46(23-6-1)47-24-19-31-51(44-47)69(52-42-43-56-55-34-15-18-39-61(55)70(64(56)45-52)50-29-11-4-12-30-50)63-41-21-36-58-54-33-14-17-38-60(54)67(66(58)63)59-37-16-13-32-53(59)57-35-20-40-62(65(57)67)68(48-25-7-2-8-26-48)49-27-9-3-10-28-49/h1-45H. The van der Waals surface area contributed by atoms with Crippen LogP contribution in [0, 0.1) is 0 Å². The van der Waals surface area contributed by atoms with Crippen LogP contribution in [0.2, 0.25) is 0 Å². The molecule has 0 aliphatic heterocycles. The Morgan fingerprint density at radius 3 is 1.36 bits per heavy atom. The highest BCUT2D eigenvalue weighted by Gasteiger charge is 2.55. The minimum atomic E-state index is -0.717. The van der Waals surface area contributed by atoms with E-state index in [-0.39, 0.29) is 0 Å². The van der Waals surface area contributed by atoms with E-state index in [1.807, 2.05) is 0 Å². The van der Waals surface area contributed by atoms with E-state index in [1.54, 1.807) is 0 Å². The molecule has 12 aromatic rings. The van der Waals surface area contributed by atoms with Crippen molar-refractivity contribution in [1.82, 2.24) is 4.57 Å². The van der Waals surface area contributed by atoms with E-state index in [0.29, 0.717) is 0 Å². The molecule has 1 aromatic heterocycles. The van der Waals surface area contributed by atoms with Gasteiger partial charge >= 0.3 is 0 Å². The topological polar surface area (TPSA) is 11.4 Å². The van der Waals surface area contributed by atoms with Gasteiger partial charge in [-0.15, -0.1) is 0 Å². The van der Waals surface area contributed by atoms with E-state index in [1.165, 1.54) is 66.4 Å². The Hall–Kier alpha value is -9.18. The van der Waals surface area contributed by atoms with Gasteiger partial charge in [-0.05, 0) is 123 Å². The van der Waals surface area contributed by atoms with Crippen molar-refractivity contribution in [2.24, 2.45) is 0 Å². The molecule has 1 spiro atoms. The number of hydrogen-bond acceptors (Lipinski definition) is 2. The largest absolute Gasteiger partial charge is 0.310 e. The van der Waals surface area contributed by atoms with E-state index in [0.717, 1.165) is 50.9 Å². The third-order valence-electron chi connectivity index (χ3n) is 14.7.